The number of rotatable bonds is 4. The van der Waals surface area contributed by atoms with Gasteiger partial charge in [0.2, 0.25) is 5.91 Å². The third kappa shape index (κ3) is 2.90. The van der Waals surface area contributed by atoms with Gasteiger partial charge in [0, 0.05) is 24.3 Å². The lowest BCUT2D eigenvalue weighted by atomic mass is 10.0. The van der Waals surface area contributed by atoms with Gasteiger partial charge in [0.05, 0.1) is 18.3 Å². The maximum absolute atomic E-state index is 12.6. The lowest BCUT2D eigenvalue weighted by Gasteiger charge is -2.30. The number of Topliss-reactive ketones (excluding diaryl/α,β-unsaturated/α-hetero) is 2. The molecule has 2 rings (SSSR count). The largest absolute Gasteiger partial charge is 0.355 e. The molecule has 1 saturated heterocycles. The average molecular weight is 291 g/mol. The predicted molar refractivity (Wildman–Crippen MR) is 78.6 cm³/mol. The van der Waals surface area contributed by atoms with E-state index in [4.69, 9.17) is 0 Å². The number of carbonyl (C=O) groups excluding carboxylic acids is 3. The molecule has 1 aliphatic rings. The van der Waals surface area contributed by atoms with E-state index in [0.717, 1.165) is 0 Å². The Balaban J connectivity index is 2.25. The summed E-state index contributed by atoms with van der Waals surface area (Å²) in [6.45, 7) is 8.29. The van der Waals surface area contributed by atoms with Crippen molar-refractivity contribution < 1.29 is 14.4 Å². The highest BCUT2D eigenvalue weighted by atomic mass is 16.2. The Morgan fingerprint density at radius 2 is 1.95 bits per heavy atom. The molecular formula is C15H21N3O3. The molecule has 1 aliphatic heterocycles. The van der Waals surface area contributed by atoms with Crippen LogP contribution < -0.4 is 5.32 Å². The first kappa shape index (κ1) is 15.4. The number of H-pyrrole nitrogens is 1. The summed E-state index contributed by atoms with van der Waals surface area (Å²) in [5.41, 5.74) is 2.46. The van der Waals surface area contributed by atoms with Gasteiger partial charge in [0.25, 0.3) is 0 Å². The van der Waals surface area contributed by atoms with E-state index >= 15 is 0 Å². The van der Waals surface area contributed by atoms with E-state index < -0.39 is 6.04 Å². The van der Waals surface area contributed by atoms with Gasteiger partial charge in [-0.15, -0.1) is 0 Å². The number of hydrogen-bond acceptors (Lipinski definition) is 4. The van der Waals surface area contributed by atoms with E-state index in [1.165, 1.54) is 6.92 Å². The van der Waals surface area contributed by atoms with Crippen LogP contribution in [0.5, 0.6) is 0 Å². The summed E-state index contributed by atoms with van der Waals surface area (Å²) in [5, 5.41) is 2.74. The molecule has 0 bridgehead atoms. The summed E-state index contributed by atoms with van der Waals surface area (Å²) in [7, 11) is 0. The molecule has 21 heavy (non-hydrogen) atoms. The number of aryl methyl sites for hydroxylation is 1. The average Bonchev–Trinajstić information content (AvgIpc) is 2.72. The van der Waals surface area contributed by atoms with E-state index in [9.17, 15) is 14.4 Å². The van der Waals surface area contributed by atoms with E-state index in [-0.39, 0.29) is 24.0 Å². The van der Waals surface area contributed by atoms with Crippen LogP contribution in [0.2, 0.25) is 0 Å². The standard InChI is InChI=1S/C15H21N3O3/c1-8-13(11(4)19)9(2)17-14(8)15(21)10(3)18-6-5-16-12(20)7-18/h10,17H,5-7H2,1-4H3,(H,16,20)/t10-/m1/s1. The van der Waals surface area contributed by atoms with Crippen LogP contribution >= 0.6 is 0 Å². The summed E-state index contributed by atoms with van der Waals surface area (Å²) >= 11 is 0. The first-order chi connectivity index (χ1) is 9.82. The number of piperazine rings is 1. The highest BCUT2D eigenvalue weighted by Gasteiger charge is 2.29. The van der Waals surface area contributed by atoms with Crippen molar-refractivity contribution in [3.05, 3.63) is 22.5 Å². The van der Waals surface area contributed by atoms with Gasteiger partial charge in [-0.1, -0.05) is 0 Å². The monoisotopic (exact) mass is 291 g/mol. The number of hydrogen-bond donors (Lipinski definition) is 2. The topological polar surface area (TPSA) is 82.3 Å². The minimum Gasteiger partial charge on any atom is -0.355 e. The lowest BCUT2D eigenvalue weighted by molar-refractivity contribution is -0.124. The van der Waals surface area contributed by atoms with Crippen LogP contribution in [0.15, 0.2) is 0 Å². The van der Waals surface area contributed by atoms with Gasteiger partial charge in [0.15, 0.2) is 11.6 Å². The minimum atomic E-state index is -0.396. The quantitative estimate of drug-likeness (QED) is 0.805. The normalized spacial score (nSPS) is 17.4. The second-order valence-corrected chi connectivity index (χ2v) is 5.54. The Morgan fingerprint density at radius 3 is 2.48 bits per heavy atom. The smallest absolute Gasteiger partial charge is 0.234 e. The number of amides is 1. The Hall–Kier alpha value is -1.95. The number of nitrogens with one attached hydrogen (secondary N) is 2. The first-order valence-electron chi connectivity index (χ1n) is 7.08. The van der Waals surface area contributed by atoms with Crippen LogP contribution in [-0.4, -0.2) is 53.0 Å². The van der Waals surface area contributed by atoms with Crippen LogP contribution in [0.3, 0.4) is 0 Å². The molecule has 1 aromatic rings. The van der Waals surface area contributed by atoms with Crippen molar-refractivity contribution in [2.45, 2.75) is 33.7 Å². The highest BCUT2D eigenvalue weighted by molar-refractivity contribution is 6.05. The zero-order valence-corrected chi connectivity index (χ0v) is 12.9. The van der Waals surface area contributed by atoms with Gasteiger partial charge in [0.1, 0.15) is 0 Å². The van der Waals surface area contributed by atoms with Gasteiger partial charge >= 0.3 is 0 Å². The summed E-state index contributed by atoms with van der Waals surface area (Å²) in [5.74, 6) is -0.201. The predicted octanol–water partition coefficient (Wildman–Crippen LogP) is 0.837. The van der Waals surface area contributed by atoms with Crippen LogP contribution in [0.25, 0.3) is 0 Å². The molecule has 0 radical (unpaired) electrons. The van der Waals surface area contributed by atoms with E-state index in [1.807, 2.05) is 4.90 Å². The van der Waals surface area contributed by atoms with Crippen molar-refractivity contribution in [2.24, 2.45) is 0 Å². The Kier molecular flexibility index (Phi) is 4.27. The zero-order valence-electron chi connectivity index (χ0n) is 12.9. The lowest BCUT2D eigenvalue weighted by Crippen LogP contribution is -2.53. The fraction of sp³-hybridized carbons (Fsp3) is 0.533. The molecule has 2 N–H and O–H groups in total. The number of nitrogens with zero attached hydrogens (tertiary/aromatic N) is 1. The molecule has 6 heteroatoms. The zero-order chi connectivity index (χ0) is 15.7. The molecule has 1 amide bonds. The van der Waals surface area contributed by atoms with E-state index in [2.05, 4.69) is 10.3 Å². The fourth-order valence-electron chi connectivity index (χ4n) is 2.89. The van der Waals surface area contributed by atoms with Crippen LogP contribution in [0, 0.1) is 13.8 Å². The summed E-state index contributed by atoms with van der Waals surface area (Å²) in [4.78, 5) is 40.6. The number of aromatic amines is 1. The maximum Gasteiger partial charge on any atom is 0.234 e. The third-order valence-corrected chi connectivity index (χ3v) is 4.03. The van der Waals surface area contributed by atoms with Gasteiger partial charge in [-0.05, 0) is 33.3 Å². The maximum atomic E-state index is 12.6. The highest BCUT2D eigenvalue weighted by Crippen LogP contribution is 2.21. The molecule has 0 aliphatic carbocycles. The van der Waals surface area contributed by atoms with Gasteiger partial charge < -0.3 is 10.3 Å². The number of carbonyl (C=O) groups is 3. The molecule has 1 aromatic heterocycles. The Bertz CT molecular complexity index is 604. The molecule has 114 valence electrons. The number of aromatic nitrogens is 1. The molecule has 0 spiro atoms. The van der Waals surface area contributed by atoms with Gasteiger partial charge in [-0.25, -0.2) is 0 Å². The molecule has 0 saturated carbocycles. The Morgan fingerprint density at radius 1 is 1.29 bits per heavy atom. The molecule has 1 fully saturated rings. The second-order valence-electron chi connectivity index (χ2n) is 5.54. The molecule has 0 unspecified atom stereocenters. The van der Waals surface area contributed by atoms with E-state index in [1.54, 1.807) is 20.8 Å². The SMILES string of the molecule is CC(=O)c1c(C)[nH]c(C(=O)[C@@H](C)N2CCNC(=O)C2)c1C. The van der Waals surface area contributed by atoms with Crippen LogP contribution in [-0.2, 0) is 4.79 Å². The van der Waals surface area contributed by atoms with Crippen LogP contribution in [0.4, 0.5) is 0 Å². The summed E-state index contributed by atoms with van der Waals surface area (Å²) < 4.78 is 0. The number of ketones is 2. The third-order valence-electron chi connectivity index (χ3n) is 4.03. The van der Waals surface area contributed by atoms with E-state index in [0.29, 0.717) is 35.6 Å². The Labute approximate surface area is 123 Å². The molecule has 2 heterocycles. The summed E-state index contributed by atoms with van der Waals surface area (Å²) in [6, 6.07) is -0.396. The van der Waals surface area contributed by atoms with Crippen molar-refractivity contribution >= 4 is 17.5 Å². The van der Waals surface area contributed by atoms with Gasteiger partial charge in [-0.2, -0.15) is 0 Å². The van der Waals surface area contributed by atoms with Crippen molar-refractivity contribution in [3.63, 3.8) is 0 Å². The minimum absolute atomic E-state index is 0.0506. The fourth-order valence-corrected chi connectivity index (χ4v) is 2.89. The molecule has 6 nitrogen and oxygen atoms in total. The van der Waals surface area contributed by atoms with Crippen LogP contribution in [0.1, 0.15) is 46.0 Å². The van der Waals surface area contributed by atoms with Gasteiger partial charge in [-0.3, -0.25) is 19.3 Å². The molecule has 0 aromatic carbocycles. The van der Waals surface area contributed by atoms with Crippen molar-refractivity contribution in [3.8, 4) is 0 Å². The van der Waals surface area contributed by atoms with Crippen molar-refractivity contribution in [1.29, 1.82) is 0 Å². The molecule has 1 atom stereocenters. The first-order valence-corrected chi connectivity index (χ1v) is 7.08. The van der Waals surface area contributed by atoms with Crippen molar-refractivity contribution in [1.82, 2.24) is 15.2 Å². The van der Waals surface area contributed by atoms with Crippen molar-refractivity contribution in [2.75, 3.05) is 19.6 Å². The second kappa shape index (κ2) is 5.81. The molecular weight excluding hydrogens is 270 g/mol. The summed E-state index contributed by atoms with van der Waals surface area (Å²) in [6.07, 6.45) is 0.